The van der Waals surface area contributed by atoms with Crippen LogP contribution in [0, 0.1) is 0 Å². The van der Waals surface area contributed by atoms with E-state index in [2.05, 4.69) is 9.88 Å². The Morgan fingerprint density at radius 1 is 1.30 bits per heavy atom. The topological polar surface area (TPSA) is 70.8 Å². The van der Waals surface area contributed by atoms with Gasteiger partial charge in [-0.05, 0) is 12.8 Å². The average Bonchev–Trinajstić information content (AvgIpc) is 3.18. The molecule has 0 bridgehead atoms. The van der Waals surface area contributed by atoms with Crippen molar-refractivity contribution in [3.05, 3.63) is 18.7 Å². The molecule has 2 saturated heterocycles. The number of likely N-dealkylation sites (tertiary alicyclic amines) is 1. The Kier molecular flexibility index (Phi) is 5.30. The summed E-state index contributed by atoms with van der Waals surface area (Å²) >= 11 is 0. The molecule has 0 aromatic carbocycles. The third-order valence-electron chi connectivity index (χ3n) is 4.67. The van der Waals surface area contributed by atoms with E-state index < -0.39 is 5.60 Å². The van der Waals surface area contributed by atoms with E-state index in [1.807, 2.05) is 15.7 Å². The molecular weight excluding hydrogens is 296 g/mol. The molecule has 23 heavy (non-hydrogen) atoms. The number of hydrogen-bond acceptors (Lipinski definition) is 5. The van der Waals surface area contributed by atoms with Crippen LogP contribution in [-0.4, -0.2) is 81.9 Å². The molecule has 1 aromatic heterocycles. The monoisotopic (exact) mass is 322 g/mol. The molecule has 2 fully saturated rings. The quantitative estimate of drug-likeness (QED) is 0.796. The number of nitrogens with zero attached hydrogens (tertiary/aromatic N) is 4. The fraction of sp³-hybridized carbons (Fsp3) is 0.750. The van der Waals surface area contributed by atoms with E-state index in [-0.39, 0.29) is 5.91 Å². The normalized spacial score (nSPS) is 25.9. The first-order valence-corrected chi connectivity index (χ1v) is 8.41. The largest absolute Gasteiger partial charge is 0.387 e. The van der Waals surface area contributed by atoms with Crippen LogP contribution in [0.5, 0.6) is 0 Å². The molecule has 3 heterocycles. The number of aryl methyl sites for hydroxylation is 1. The molecule has 1 unspecified atom stereocenters. The number of morpholine rings is 1. The van der Waals surface area contributed by atoms with Gasteiger partial charge >= 0.3 is 0 Å². The third-order valence-corrected chi connectivity index (χ3v) is 4.67. The molecule has 7 heteroatoms. The van der Waals surface area contributed by atoms with Crippen molar-refractivity contribution in [2.45, 2.75) is 31.4 Å². The van der Waals surface area contributed by atoms with Crippen LogP contribution in [0.4, 0.5) is 0 Å². The van der Waals surface area contributed by atoms with E-state index in [1.54, 1.807) is 12.5 Å². The van der Waals surface area contributed by atoms with Gasteiger partial charge in [0.25, 0.3) is 0 Å². The van der Waals surface area contributed by atoms with Gasteiger partial charge in [-0.3, -0.25) is 9.69 Å². The van der Waals surface area contributed by atoms with Gasteiger partial charge in [-0.1, -0.05) is 0 Å². The van der Waals surface area contributed by atoms with Crippen LogP contribution in [-0.2, 0) is 16.1 Å². The number of amides is 1. The Morgan fingerprint density at radius 3 is 2.87 bits per heavy atom. The van der Waals surface area contributed by atoms with Crippen molar-refractivity contribution in [1.29, 1.82) is 0 Å². The van der Waals surface area contributed by atoms with E-state index in [4.69, 9.17) is 4.74 Å². The number of ether oxygens (including phenoxy) is 1. The van der Waals surface area contributed by atoms with Gasteiger partial charge in [-0.25, -0.2) is 4.98 Å². The van der Waals surface area contributed by atoms with Crippen molar-refractivity contribution in [3.63, 3.8) is 0 Å². The first-order valence-electron chi connectivity index (χ1n) is 8.41. The van der Waals surface area contributed by atoms with Gasteiger partial charge in [0, 0.05) is 51.5 Å². The van der Waals surface area contributed by atoms with E-state index in [0.717, 1.165) is 39.3 Å². The number of β-amino-alcohol motifs (C(OH)–C–C–N with tert-alkyl or cyclic N) is 1. The maximum Gasteiger partial charge on any atom is 0.222 e. The zero-order valence-electron chi connectivity index (χ0n) is 13.6. The number of hydrogen-bond donors (Lipinski definition) is 1. The number of imidazole rings is 1. The molecule has 1 aromatic rings. The summed E-state index contributed by atoms with van der Waals surface area (Å²) in [6, 6.07) is 0. The average molecular weight is 322 g/mol. The lowest BCUT2D eigenvalue weighted by molar-refractivity contribution is -0.131. The minimum Gasteiger partial charge on any atom is -0.387 e. The summed E-state index contributed by atoms with van der Waals surface area (Å²) in [6.45, 7) is 5.73. The van der Waals surface area contributed by atoms with Gasteiger partial charge in [-0.2, -0.15) is 0 Å². The number of rotatable bonds is 6. The number of aromatic nitrogens is 2. The fourth-order valence-electron chi connectivity index (χ4n) is 3.36. The predicted octanol–water partition coefficient (Wildman–Crippen LogP) is -0.0411. The molecule has 128 valence electrons. The van der Waals surface area contributed by atoms with Gasteiger partial charge < -0.3 is 19.3 Å². The van der Waals surface area contributed by atoms with Crippen LogP contribution in [0.15, 0.2) is 18.7 Å². The number of aliphatic hydroxyl groups is 1. The maximum atomic E-state index is 12.3. The summed E-state index contributed by atoms with van der Waals surface area (Å²) in [4.78, 5) is 20.3. The summed E-state index contributed by atoms with van der Waals surface area (Å²) in [6.07, 6.45) is 7.40. The highest BCUT2D eigenvalue weighted by molar-refractivity contribution is 5.76. The molecule has 0 aliphatic carbocycles. The van der Waals surface area contributed by atoms with Crippen LogP contribution in [0.2, 0.25) is 0 Å². The SMILES string of the molecule is O=C(CCCn1ccnc1)N1CCC(O)(CN2CCOCC2)C1. The molecule has 3 rings (SSSR count). The van der Waals surface area contributed by atoms with E-state index in [9.17, 15) is 9.90 Å². The third kappa shape index (κ3) is 4.53. The van der Waals surface area contributed by atoms with Gasteiger partial charge in [0.15, 0.2) is 0 Å². The summed E-state index contributed by atoms with van der Waals surface area (Å²) < 4.78 is 7.32. The first kappa shape index (κ1) is 16.4. The summed E-state index contributed by atoms with van der Waals surface area (Å²) in [5.74, 6) is 0.142. The van der Waals surface area contributed by atoms with Gasteiger partial charge in [0.2, 0.25) is 5.91 Å². The highest BCUT2D eigenvalue weighted by Crippen LogP contribution is 2.23. The highest BCUT2D eigenvalue weighted by Gasteiger charge is 2.39. The molecule has 1 N–H and O–H groups in total. The molecule has 1 atom stereocenters. The summed E-state index contributed by atoms with van der Waals surface area (Å²) in [5.41, 5.74) is -0.767. The second-order valence-corrected chi connectivity index (χ2v) is 6.58. The highest BCUT2D eigenvalue weighted by atomic mass is 16.5. The Morgan fingerprint density at radius 2 is 2.13 bits per heavy atom. The molecule has 0 saturated carbocycles. The molecule has 2 aliphatic rings. The van der Waals surface area contributed by atoms with E-state index in [1.165, 1.54) is 0 Å². The van der Waals surface area contributed by atoms with Crippen LogP contribution >= 0.6 is 0 Å². The van der Waals surface area contributed by atoms with Crippen molar-refractivity contribution in [2.24, 2.45) is 0 Å². The molecule has 7 nitrogen and oxygen atoms in total. The standard InChI is InChI=1S/C16H26N4O3/c21-15(2-1-5-19-7-4-17-14-19)20-6-3-16(22,13-20)12-18-8-10-23-11-9-18/h4,7,14,22H,1-3,5-6,8-13H2. The van der Waals surface area contributed by atoms with E-state index in [0.29, 0.717) is 32.5 Å². The Bertz CT molecular complexity index is 501. The molecule has 2 aliphatic heterocycles. The van der Waals surface area contributed by atoms with Crippen molar-refractivity contribution in [3.8, 4) is 0 Å². The van der Waals surface area contributed by atoms with Crippen molar-refractivity contribution in [2.75, 3.05) is 45.9 Å². The molecule has 0 spiro atoms. The fourth-order valence-corrected chi connectivity index (χ4v) is 3.36. The lowest BCUT2D eigenvalue weighted by Crippen LogP contribution is -2.49. The Labute approximate surface area is 136 Å². The van der Waals surface area contributed by atoms with Crippen molar-refractivity contribution in [1.82, 2.24) is 19.4 Å². The van der Waals surface area contributed by atoms with Gasteiger partial charge in [-0.15, -0.1) is 0 Å². The minimum atomic E-state index is -0.767. The second kappa shape index (κ2) is 7.42. The zero-order valence-corrected chi connectivity index (χ0v) is 13.6. The van der Waals surface area contributed by atoms with Crippen LogP contribution < -0.4 is 0 Å². The van der Waals surface area contributed by atoms with Crippen LogP contribution in [0.3, 0.4) is 0 Å². The lowest BCUT2D eigenvalue weighted by Gasteiger charge is -2.33. The number of carbonyl (C=O) groups is 1. The lowest BCUT2D eigenvalue weighted by atomic mass is 10.0. The van der Waals surface area contributed by atoms with E-state index >= 15 is 0 Å². The van der Waals surface area contributed by atoms with Crippen LogP contribution in [0.1, 0.15) is 19.3 Å². The Balaban J connectivity index is 1.41. The van der Waals surface area contributed by atoms with Crippen molar-refractivity contribution < 1.29 is 14.6 Å². The van der Waals surface area contributed by atoms with Gasteiger partial charge in [0.05, 0.1) is 31.7 Å². The molecular formula is C16H26N4O3. The minimum absolute atomic E-state index is 0.142. The molecule has 1 amide bonds. The van der Waals surface area contributed by atoms with Crippen molar-refractivity contribution >= 4 is 5.91 Å². The van der Waals surface area contributed by atoms with Crippen LogP contribution in [0.25, 0.3) is 0 Å². The predicted molar refractivity (Wildman–Crippen MR) is 84.9 cm³/mol. The maximum absolute atomic E-state index is 12.3. The number of carbonyl (C=O) groups excluding carboxylic acids is 1. The Hall–Kier alpha value is -1.44. The smallest absolute Gasteiger partial charge is 0.222 e. The first-order chi connectivity index (χ1) is 11.1. The summed E-state index contributed by atoms with van der Waals surface area (Å²) in [7, 11) is 0. The molecule has 0 radical (unpaired) electrons. The summed E-state index contributed by atoms with van der Waals surface area (Å²) in [5, 5.41) is 10.7. The second-order valence-electron chi connectivity index (χ2n) is 6.58. The zero-order chi connectivity index (χ0) is 16.1. The van der Waals surface area contributed by atoms with Gasteiger partial charge in [0.1, 0.15) is 0 Å².